The van der Waals surface area contributed by atoms with Crippen LogP contribution in [-0.4, -0.2) is 17.4 Å². The van der Waals surface area contributed by atoms with Crippen LogP contribution >= 0.6 is 39.1 Å². The van der Waals surface area contributed by atoms with Crippen LogP contribution in [0.5, 0.6) is 0 Å². The maximum Gasteiger partial charge on any atom is 0.254 e. The van der Waals surface area contributed by atoms with Crippen LogP contribution in [-0.2, 0) is 0 Å². The van der Waals surface area contributed by atoms with E-state index in [1.165, 1.54) is 12.1 Å². The molecule has 0 aromatic carbocycles. The lowest BCUT2D eigenvalue weighted by atomic mass is 10.2. The van der Waals surface area contributed by atoms with Crippen LogP contribution in [0.25, 0.3) is 0 Å². The molecule has 0 aliphatic carbocycles. The third-order valence-electron chi connectivity index (χ3n) is 1.50. The lowest BCUT2D eigenvalue weighted by molar-refractivity contribution is 0.0957. The SMILES string of the molecule is C=C(Br)CNC(=O)c1ccc(Cl)nc1Cl. The first-order chi connectivity index (χ1) is 7.00. The summed E-state index contributed by atoms with van der Waals surface area (Å²) >= 11 is 14.5. The Kier molecular flexibility index (Phi) is 4.57. The Morgan fingerprint density at radius 1 is 1.53 bits per heavy atom. The van der Waals surface area contributed by atoms with E-state index in [4.69, 9.17) is 23.2 Å². The predicted octanol–water partition coefficient (Wildman–Crippen LogP) is 3.03. The Balaban J connectivity index is 2.78. The molecule has 0 radical (unpaired) electrons. The minimum Gasteiger partial charge on any atom is -0.347 e. The summed E-state index contributed by atoms with van der Waals surface area (Å²) in [6.07, 6.45) is 0. The summed E-state index contributed by atoms with van der Waals surface area (Å²) in [6.45, 7) is 3.92. The number of carbonyl (C=O) groups excluding carboxylic acids is 1. The van der Waals surface area contributed by atoms with Crippen molar-refractivity contribution < 1.29 is 4.79 Å². The monoisotopic (exact) mass is 308 g/mol. The molecule has 0 saturated heterocycles. The maximum absolute atomic E-state index is 11.5. The number of carbonyl (C=O) groups is 1. The van der Waals surface area contributed by atoms with Gasteiger partial charge in [0.2, 0.25) is 0 Å². The molecule has 1 aromatic rings. The molecule has 80 valence electrons. The zero-order chi connectivity index (χ0) is 11.4. The molecule has 0 unspecified atom stereocenters. The number of hydrogen-bond acceptors (Lipinski definition) is 2. The highest BCUT2D eigenvalue weighted by Crippen LogP contribution is 2.16. The molecule has 0 bridgehead atoms. The van der Waals surface area contributed by atoms with Gasteiger partial charge >= 0.3 is 0 Å². The number of amides is 1. The van der Waals surface area contributed by atoms with Crippen molar-refractivity contribution in [2.75, 3.05) is 6.54 Å². The Labute approximate surface area is 106 Å². The normalized spacial score (nSPS) is 9.80. The van der Waals surface area contributed by atoms with Gasteiger partial charge in [-0.1, -0.05) is 45.7 Å². The fourth-order valence-corrected chi connectivity index (χ4v) is 1.42. The molecule has 1 heterocycles. The van der Waals surface area contributed by atoms with E-state index in [9.17, 15) is 4.79 Å². The highest BCUT2D eigenvalue weighted by molar-refractivity contribution is 9.11. The lowest BCUT2D eigenvalue weighted by Gasteiger charge is -2.05. The molecule has 0 fully saturated rings. The van der Waals surface area contributed by atoms with E-state index in [2.05, 4.69) is 32.8 Å². The van der Waals surface area contributed by atoms with Gasteiger partial charge in [-0.3, -0.25) is 4.79 Å². The second-order valence-electron chi connectivity index (χ2n) is 2.67. The first-order valence-corrected chi connectivity index (χ1v) is 5.49. The molecule has 1 rings (SSSR count). The summed E-state index contributed by atoms with van der Waals surface area (Å²) in [4.78, 5) is 15.3. The quantitative estimate of drug-likeness (QED) is 0.872. The van der Waals surface area contributed by atoms with Crippen molar-refractivity contribution in [2.45, 2.75) is 0 Å². The van der Waals surface area contributed by atoms with Gasteiger partial charge in [0.15, 0.2) is 0 Å². The van der Waals surface area contributed by atoms with Crippen molar-refractivity contribution in [3.05, 3.63) is 39.1 Å². The van der Waals surface area contributed by atoms with E-state index >= 15 is 0 Å². The van der Waals surface area contributed by atoms with Crippen molar-refractivity contribution in [1.29, 1.82) is 0 Å². The molecule has 1 N–H and O–H groups in total. The average molecular weight is 310 g/mol. The van der Waals surface area contributed by atoms with Crippen LogP contribution in [0.1, 0.15) is 10.4 Å². The van der Waals surface area contributed by atoms with E-state index in [1.807, 2.05) is 0 Å². The van der Waals surface area contributed by atoms with Crippen LogP contribution in [0.3, 0.4) is 0 Å². The fourth-order valence-electron chi connectivity index (χ4n) is 0.853. The van der Waals surface area contributed by atoms with E-state index in [0.29, 0.717) is 11.0 Å². The molecule has 1 amide bonds. The smallest absolute Gasteiger partial charge is 0.254 e. The maximum atomic E-state index is 11.5. The number of pyridine rings is 1. The number of nitrogens with one attached hydrogen (secondary N) is 1. The Hall–Kier alpha value is -0.580. The number of halogens is 3. The summed E-state index contributed by atoms with van der Waals surface area (Å²) in [6, 6.07) is 3.02. The molecule has 3 nitrogen and oxygen atoms in total. The van der Waals surface area contributed by atoms with Gasteiger partial charge in [-0.25, -0.2) is 4.98 Å². The molecular weight excluding hydrogens is 303 g/mol. The third kappa shape index (κ3) is 3.81. The minimum absolute atomic E-state index is 0.0835. The molecule has 0 atom stereocenters. The average Bonchev–Trinajstić information content (AvgIpc) is 2.14. The van der Waals surface area contributed by atoms with Gasteiger partial charge in [0.05, 0.1) is 5.56 Å². The minimum atomic E-state index is -0.315. The van der Waals surface area contributed by atoms with Gasteiger partial charge in [0, 0.05) is 11.0 Å². The molecule has 0 saturated carbocycles. The summed E-state index contributed by atoms with van der Waals surface area (Å²) in [5.41, 5.74) is 0.287. The van der Waals surface area contributed by atoms with E-state index in [-0.39, 0.29) is 21.8 Å². The second kappa shape index (κ2) is 5.49. The molecule has 0 spiro atoms. The zero-order valence-corrected chi connectivity index (χ0v) is 10.7. The Morgan fingerprint density at radius 3 is 2.73 bits per heavy atom. The van der Waals surface area contributed by atoms with Gasteiger partial charge in [-0.15, -0.1) is 0 Å². The molecule has 0 aliphatic heterocycles. The summed E-state index contributed by atoms with van der Waals surface area (Å²) < 4.78 is 0.675. The van der Waals surface area contributed by atoms with Crippen LogP contribution in [0.15, 0.2) is 23.2 Å². The van der Waals surface area contributed by atoms with Gasteiger partial charge in [0.25, 0.3) is 5.91 Å². The largest absolute Gasteiger partial charge is 0.347 e. The van der Waals surface area contributed by atoms with E-state index < -0.39 is 0 Å². The van der Waals surface area contributed by atoms with Gasteiger partial charge in [-0.2, -0.15) is 0 Å². The van der Waals surface area contributed by atoms with Crippen molar-refractivity contribution in [1.82, 2.24) is 10.3 Å². The molecule has 1 aromatic heterocycles. The Morgan fingerprint density at radius 2 is 2.20 bits per heavy atom. The number of hydrogen-bond donors (Lipinski definition) is 1. The van der Waals surface area contributed by atoms with Crippen LogP contribution in [0, 0.1) is 0 Å². The highest BCUT2D eigenvalue weighted by Gasteiger charge is 2.11. The first-order valence-electron chi connectivity index (χ1n) is 3.94. The van der Waals surface area contributed by atoms with Crippen LogP contribution in [0.2, 0.25) is 10.3 Å². The number of nitrogens with zero attached hydrogens (tertiary/aromatic N) is 1. The standard InChI is InChI=1S/C9H7BrCl2N2O/c1-5(10)4-13-9(15)6-2-3-7(11)14-8(6)12/h2-3H,1,4H2,(H,13,15). The second-order valence-corrected chi connectivity index (χ2v) is 4.54. The molecule has 15 heavy (non-hydrogen) atoms. The molecule has 6 heteroatoms. The zero-order valence-electron chi connectivity index (χ0n) is 7.56. The van der Waals surface area contributed by atoms with Crippen molar-refractivity contribution in [3.63, 3.8) is 0 Å². The molecular formula is C9H7BrCl2N2O. The van der Waals surface area contributed by atoms with Gasteiger partial charge in [0.1, 0.15) is 10.3 Å². The summed E-state index contributed by atoms with van der Waals surface area (Å²) in [7, 11) is 0. The summed E-state index contributed by atoms with van der Waals surface area (Å²) in [5, 5.41) is 2.94. The van der Waals surface area contributed by atoms with Crippen molar-refractivity contribution >= 4 is 45.0 Å². The van der Waals surface area contributed by atoms with Gasteiger partial charge in [-0.05, 0) is 12.1 Å². The molecule has 0 aliphatic rings. The van der Waals surface area contributed by atoms with Crippen molar-refractivity contribution in [3.8, 4) is 0 Å². The topological polar surface area (TPSA) is 42.0 Å². The van der Waals surface area contributed by atoms with E-state index in [1.54, 1.807) is 0 Å². The Bertz CT molecular complexity index is 409. The fraction of sp³-hybridized carbons (Fsp3) is 0.111. The van der Waals surface area contributed by atoms with Crippen molar-refractivity contribution in [2.24, 2.45) is 0 Å². The summed E-state index contributed by atoms with van der Waals surface area (Å²) in [5.74, 6) is -0.315. The predicted molar refractivity (Wildman–Crippen MR) is 64.7 cm³/mol. The van der Waals surface area contributed by atoms with E-state index in [0.717, 1.165) is 0 Å². The van der Waals surface area contributed by atoms with Crippen LogP contribution in [0.4, 0.5) is 0 Å². The highest BCUT2D eigenvalue weighted by atomic mass is 79.9. The third-order valence-corrected chi connectivity index (χ3v) is 2.28. The van der Waals surface area contributed by atoms with Crippen LogP contribution < -0.4 is 5.32 Å². The van der Waals surface area contributed by atoms with Gasteiger partial charge < -0.3 is 5.32 Å². The first kappa shape index (κ1) is 12.5. The number of rotatable bonds is 3. The number of aromatic nitrogens is 1. The lowest BCUT2D eigenvalue weighted by Crippen LogP contribution is -2.24.